The molecule has 0 aliphatic heterocycles. The summed E-state index contributed by atoms with van der Waals surface area (Å²) in [5.74, 6) is 0. The van der Waals surface area contributed by atoms with E-state index in [9.17, 15) is 0 Å². The average molecular weight is 219 g/mol. The first-order valence-electron chi connectivity index (χ1n) is 4.55. The fraction of sp³-hybridized carbons (Fsp3) is 0.0909. The Morgan fingerprint density at radius 1 is 1.27 bits per heavy atom. The molecule has 0 unspecified atom stereocenters. The maximum atomic E-state index is 5.93. The van der Waals surface area contributed by atoms with Gasteiger partial charge in [-0.15, -0.1) is 0 Å². The molecule has 2 heterocycles. The summed E-state index contributed by atoms with van der Waals surface area (Å²) in [7, 11) is 0. The molecule has 0 bridgehead atoms. The maximum Gasteiger partial charge on any atom is 0.175 e. The van der Waals surface area contributed by atoms with Crippen LogP contribution in [0, 0.1) is 6.92 Å². The zero-order chi connectivity index (χ0) is 10.4. The summed E-state index contributed by atoms with van der Waals surface area (Å²) in [6.07, 6.45) is 1.54. The third-order valence-electron chi connectivity index (χ3n) is 2.39. The SMILES string of the molecule is Cc1ncnc2c1oc1ccc(Cl)cc12. The summed E-state index contributed by atoms with van der Waals surface area (Å²) < 4.78 is 5.65. The van der Waals surface area contributed by atoms with Gasteiger partial charge in [-0.1, -0.05) is 11.6 Å². The molecular weight excluding hydrogens is 212 g/mol. The highest BCUT2D eigenvalue weighted by Gasteiger charge is 2.10. The standard InChI is InChI=1S/C11H7ClN2O/c1-6-11-10(14-5-13-6)8-4-7(12)2-3-9(8)15-11/h2-5H,1H3. The highest BCUT2D eigenvalue weighted by molar-refractivity contribution is 6.31. The number of furan rings is 1. The van der Waals surface area contributed by atoms with Gasteiger partial charge in [0, 0.05) is 10.4 Å². The molecule has 4 heteroatoms. The van der Waals surface area contributed by atoms with E-state index >= 15 is 0 Å². The molecule has 15 heavy (non-hydrogen) atoms. The highest BCUT2D eigenvalue weighted by Crippen LogP contribution is 2.29. The quantitative estimate of drug-likeness (QED) is 0.581. The first-order valence-corrected chi connectivity index (χ1v) is 4.93. The Labute approximate surface area is 90.7 Å². The molecule has 1 aromatic carbocycles. The van der Waals surface area contributed by atoms with Gasteiger partial charge in [0.15, 0.2) is 5.58 Å². The molecule has 3 rings (SSSR count). The molecule has 3 nitrogen and oxygen atoms in total. The molecule has 0 saturated carbocycles. The lowest BCUT2D eigenvalue weighted by Gasteiger charge is -1.90. The summed E-state index contributed by atoms with van der Waals surface area (Å²) in [6.45, 7) is 1.90. The number of aryl methyl sites for hydroxylation is 1. The van der Waals surface area contributed by atoms with Crippen molar-refractivity contribution in [2.24, 2.45) is 0 Å². The van der Waals surface area contributed by atoms with Crippen molar-refractivity contribution >= 4 is 33.7 Å². The number of aromatic nitrogens is 2. The number of benzene rings is 1. The molecule has 0 saturated heterocycles. The highest BCUT2D eigenvalue weighted by atomic mass is 35.5. The van der Waals surface area contributed by atoms with Crippen LogP contribution in [-0.4, -0.2) is 9.97 Å². The Morgan fingerprint density at radius 3 is 3.00 bits per heavy atom. The van der Waals surface area contributed by atoms with E-state index in [2.05, 4.69) is 9.97 Å². The molecule has 0 spiro atoms. The second kappa shape index (κ2) is 2.94. The van der Waals surface area contributed by atoms with Gasteiger partial charge in [0.05, 0.1) is 5.69 Å². The molecule has 0 aliphatic rings. The molecule has 0 amide bonds. The van der Waals surface area contributed by atoms with Gasteiger partial charge >= 0.3 is 0 Å². The van der Waals surface area contributed by atoms with Crippen molar-refractivity contribution in [2.75, 3.05) is 0 Å². The molecule has 0 N–H and O–H groups in total. The van der Waals surface area contributed by atoms with E-state index in [1.807, 2.05) is 19.1 Å². The molecule has 2 aromatic heterocycles. The van der Waals surface area contributed by atoms with Gasteiger partial charge in [-0.2, -0.15) is 0 Å². The van der Waals surface area contributed by atoms with E-state index in [0.29, 0.717) is 5.02 Å². The Kier molecular flexibility index (Phi) is 1.70. The zero-order valence-electron chi connectivity index (χ0n) is 7.99. The first kappa shape index (κ1) is 8.68. The Balaban J connectivity index is 2.58. The van der Waals surface area contributed by atoms with E-state index in [-0.39, 0.29) is 0 Å². The fourth-order valence-corrected chi connectivity index (χ4v) is 1.83. The Morgan fingerprint density at radius 2 is 2.13 bits per heavy atom. The Bertz CT molecular complexity index is 660. The topological polar surface area (TPSA) is 38.9 Å². The normalized spacial score (nSPS) is 11.3. The molecule has 0 aliphatic carbocycles. The predicted molar refractivity (Wildman–Crippen MR) is 59.1 cm³/mol. The number of hydrogen-bond acceptors (Lipinski definition) is 3. The van der Waals surface area contributed by atoms with Gasteiger partial charge in [-0.3, -0.25) is 0 Å². The molecule has 0 radical (unpaired) electrons. The van der Waals surface area contributed by atoms with Gasteiger partial charge in [-0.05, 0) is 25.1 Å². The smallest absolute Gasteiger partial charge is 0.175 e. The third kappa shape index (κ3) is 1.20. The van der Waals surface area contributed by atoms with Crippen molar-refractivity contribution in [3.8, 4) is 0 Å². The van der Waals surface area contributed by atoms with Gasteiger partial charge in [0.2, 0.25) is 0 Å². The number of halogens is 1. The summed E-state index contributed by atoms with van der Waals surface area (Å²) in [5, 5.41) is 1.62. The van der Waals surface area contributed by atoms with Crippen LogP contribution in [0.2, 0.25) is 5.02 Å². The lowest BCUT2D eigenvalue weighted by Crippen LogP contribution is -1.82. The summed E-state index contributed by atoms with van der Waals surface area (Å²) in [4.78, 5) is 8.29. The van der Waals surface area contributed by atoms with E-state index in [0.717, 1.165) is 27.8 Å². The molecule has 74 valence electrons. The van der Waals surface area contributed by atoms with Crippen molar-refractivity contribution in [1.82, 2.24) is 9.97 Å². The molecular formula is C11H7ClN2O. The zero-order valence-corrected chi connectivity index (χ0v) is 8.75. The summed E-state index contributed by atoms with van der Waals surface area (Å²) >= 11 is 5.93. The largest absolute Gasteiger partial charge is 0.452 e. The predicted octanol–water partition coefficient (Wildman–Crippen LogP) is 3.34. The van der Waals surface area contributed by atoms with Crippen LogP contribution in [0.5, 0.6) is 0 Å². The Hall–Kier alpha value is -1.61. The van der Waals surface area contributed by atoms with Gasteiger partial charge in [-0.25, -0.2) is 9.97 Å². The second-order valence-electron chi connectivity index (χ2n) is 3.38. The van der Waals surface area contributed by atoms with Crippen molar-refractivity contribution in [3.05, 3.63) is 35.2 Å². The van der Waals surface area contributed by atoms with Gasteiger partial charge in [0.1, 0.15) is 17.4 Å². The molecule has 3 aromatic rings. The van der Waals surface area contributed by atoms with Crippen LogP contribution in [0.25, 0.3) is 22.1 Å². The van der Waals surface area contributed by atoms with Crippen LogP contribution in [0.3, 0.4) is 0 Å². The van der Waals surface area contributed by atoms with E-state index in [4.69, 9.17) is 16.0 Å². The minimum atomic E-state index is 0.682. The third-order valence-corrected chi connectivity index (χ3v) is 2.63. The van der Waals surface area contributed by atoms with E-state index < -0.39 is 0 Å². The fourth-order valence-electron chi connectivity index (χ4n) is 1.66. The monoisotopic (exact) mass is 218 g/mol. The van der Waals surface area contributed by atoms with Crippen LogP contribution in [0.15, 0.2) is 28.9 Å². The van der Waals surface area contributed by atoms with Crippen LogP contribution >= 0.6 is 11.6 Å². The average Bonchev–Trinajstić information content (AvgIpc) is 2.58. The minimum absolute atomic E-state index is 0.682. The molecule has 0 atom stereocenters. The van der Waals surface area contributed by atoms with Gasteiger partial charge in [0.25, 0.3) is 0 Å². The summed E-state index contributed by atoms with van der Waals surface area (Å²) in [6, 6.07) is 5.50. The van der Waals surface area contributed by atoms with Crippen molar-refractivity contribution in [3.63, 3.8) is 0 Å². The van der Waals surface area contributed by atoms with E-state index in [1.54, 1.807) is 6.07 Å². The van der Waals surface area contributed by atoms with E-state index in [1.165, 1.54) is 6.33 Å². The van der Waals surface area contributed by atoms with Crippen molar-refractivity contribution in [1.29, 1.82) is 0 Å². The molecule has 0 fully saturated rings. The lowest BCUT2D eigenvalue weighted by molar-refractivity contribution is 0.661. The number of fused-ring (bicyclic) bond motifs is 3. The van der Waals surface area contributed by atoms with Crippen LogP contribution < -0.4 is 0 Å². The van der Waals surface area contributed by atoms with Crippen molar-refractivity contribution in [2.45, 2.75) is 6.92 Å². The minimum Gasteiger partial charge on any atom is -0.452 e. The van der Waals surface area contributed by atoms with Crippen LogP contribution in [-0.2, 0) is 0 Å². The number of rotatable bonds is 0. The maximum absolute atomic E-state index is 5.93. The summed E-state index contributed by atoms with van der Waals surface area (Å²) in [5.41, 5.74) is 3.18. The first-order chi connectivity index (χ1) is 7.25. The second-order valence-corrected chi connectivity index (χ2v) is 3.82. The van der Waals surface area contributed by atoms with Gasteiger partial charge < -0.3 is 4.42 Å². The lowest BCUT2D eigenvalue weighted by atomic mass is 10.2. The van der Waals surface area contributed by atoms with Crippen LogP contribution in [0.1, 0.15) is 5.69 Å². The van der Waals surface area contributed by atoms with Crippen LogP contribution in [0.4, 0.5) is 0 Å². The number of hydrogen-bond donors (Lipinski definition) is 0. The number of nitrogens with zero attached hydrogens (tertiary/aromatic N) is 2. The van der Waals surface area contributed by atoms with Crippen molar-refractivity contribution < 1.29 is 4.42 Å².